The Hall–Kier alpha value is -3.55. The van der Waals surface area contributed by atoms with Gasteiger partial charge in [0.05, 0.1) is 19.8 Å². The molecule has 10 atom stereocenters. The number of aliphatic hydroxyl groups is 6. The molecule has 0 saturated carbocycles. The first-order valence-corrected chi connectivity index (χ1v) is 13.9. The molecule has 10 N–H and O–H groups in total. The van der Waals surface area contributed by atoms with Crippen LogP contribution in [-0.4, -0.2) is 138 Å². The summed E-state index contributed by atoms with van der Waals surface area (Å²) in [4.78, 5) is 12.8. The van der Waals surface area contributed by atoms with Crippen molar-refractivity contribution in [2.24, 2.45) is 0 Å². The maximum absolute atomic E-state index is 12.8. The summed E-state index contributed by atoms with van der Waals surface area (Å²) >= 11 is 0. The molecule has 4 rings (SSSR count). The van der Waals surface area contributed by atoms with Crippen LogP contribution in [0.1, 0.15) is 11.1 Å². The van der Waals surface area contributed by atoms with Gasteiger partial charge in [0.25, 0.3) is 0 Å². The second-order valence-electron chi connectivity index (χ2n) is 10.4. The van der Waals surface area contributed by atoms with Gasteiger partial charge >= 0.3 is 5.97 Å². The minimum absolute atomic E-state index is 0.108. The van der Waals surface area contributed by atoms with E-state index in [4.69, 9.17) is 23.7 Å². The van der Waals surface area contributed by atoms with E-state index in [1.54, 1.807) is 0 Å². The topological polar surface area (TPSA) is 266 Å². The first-order valence-electron chi connectivity index (χ1n) is 13.9. The lowest BCUT2D eigenvalue weighted by Crippen LogP contribution is -2.65. The fraction of sp³-hybridized carbons (Fsp3) is 0.483. The lowest BCUT2D eigenvalue weighted by molar-refractivity contribution is -0.360. The van der Waals surface area contributed by atoms with E-state index in [9.17, 15) is 55.9 Å². The van der Waals surface area contributed by atoms with Crippen molar-refractivity contribution in [3.05, 3.63) is 53.6 Å². The molecule has 0 radical (unpaired) electrons. The third-order valence-electron chi connectivity index (χ3n) is 7.31. The summed E-state index contributed by atoms with van der Waals surface area (Å²) in [5.41, 5.74) is 0.870. The van der Waals surface area contributed by atoms with Crippen LogP contribution in [0.25, 0.3) is 6.08 Å². The second kappa shape index (κ2) is 15.2. The summed E-state index contributed by atoms with van der Waals surface area (Å²) in [5, 5.41) is 100. The maximum Gasteiger partial charge on any atom is 0.331 e. The quantitative estimate of drug-likeness (QED) is 0.0720. The van der Waals surface area contributed by atoms with Gasteiger partial charge in [-0.25, -0.2) is 4.79 Å². The van der Waals surface area contributed by atoms with Crippen LogP contribution in [0, 0.1) is 0 Å². The molecule has 2 fully saturated rings. The second-order valence-corrected chi connectivity index (χ2v) is 10.4. The molecule has 2 saturated heterocycles. The molecular formula is C29H36O16. The average molecular weight is 641 g/mol. The van der Waals surface area contributed by atoms with E-state index in [2.05, 4.69) is 0 Å². The highest BCUT2D eigenvalue weighted by molar-refractivity contribution is 5.87. The van der Waals surface area contributed by atoms with Gasteiger partial charge in [-0.05, 0) is 47.9 Å². The largest absolute Gasteiger partial charge is 0.504 e. The van der Waals surface area contributed by atoms with Gasteiger partial charge in [0.15, 0.2) is 41.7 Å². The molecule has 248 valence electrons. The molecule has 0 aliphatic carbocycles. The zero-order chi connectivity index (χ0) is 32.8. The molecule has 2 aromatic rings. The highest BCUT2D eigenvalue weighted by Gasteiger charge is 2.52. The zero-order valence-electron chi connectivity index (χ0n) is 23.6. The van der Waals surface area contributed by atoms with Crippen LogP contribution in [0.15, 0.2) is 42.5 Å². The van der Waals surface area contributed by atoms with Gasteiger partial charge in [-0.15, -0.1) is 0 Å². The van der Waals surface area contributed by atoms with E-state index >= 15 is 0 Å². The van der Waals surface area contributed by atoms with Crippen molar-refractivity contribution < 1.29 is 79.5 Å². The number of phenolic OH excluding ortho intramolecular Hbond substituents is 4. The van der Waals surface area contributed by atoms with Crippen LogP contribution in [0.2, 0.25) is 0 Å². The van der Waals surface area contributed by atoms with E-state index in [1.165, 1.54) is 42.5 Å². The number of aromatic hydroxyl groups is 4. The normalized spacial score (nSPS) is 32.0. The molecule has 2 aliphatic rings. The van der Waals surface area contributed by atoms with Crippen molar-refractivity contribution in [1.29, 1.82) is 0 Å². The SMILES string of the molecule is O=C(C=Cc1ccc(O)c(O)c1)OC1C(CO)OC(OCCc2ccc(O)c(O)c2)C(O)C1OC1OC(CO)C(O)C(O)C1O. The number of hydrogen-bond donors (Lipinski definition) is 10. The van der Waals surface area contributed by atoms with Crippen molar-refractivity contribution in [3.63, 3.8) is 0 Å². The Kier molecular flexibility index (Phi) is 11.6. The zero-order valence-corrected chi connectivity index (χ0v) is 23.6. The summed E-state index contributed by atoms with van der Waals surface area (Å²) in [7, 11) is 0. The first-order chi connectivity index (χ1) is 21.4. The Morgan fingerprint density at radius 1 is 0.733 bits per heavy atom. The Bertz CT molecular complexity index is 1320. The molecule has 0 bridgehead atoms. The molecule has 10 unspecified atom stereocenters. The Morgan fingerprint density at radius 2 is 1.38 bits per heavy atom. The van der Waals surface area contributed by atoms with Gasteiger partial charge in [-0.3, -0.25) is 0 Å². The standard InChI is InChI=1S/C29H36O16/c30-11-19-22(37)23(38)24(39)29(42-19)45-27-25(40)28(41-8-7-14-2-5-16(33)18(35)10-14)43-20(12-31)26(27)44-21(36)6-3-13-1-4-15(32)17(34)9-13/h1-6,9-10,19-20,22-35,37-40H,7-8,11-12H2. The van der Waals surface area contributed by atoms with Gasteiger partial charge in [0.2, 0.25) is 0 Å². The lowest BCUT2D eigenvalue weighted by Gasteiger charge is -2.46. The smallest absolute Gasteiger partial charge is 0.331 e. The van der Waals surface area contributed by atoms with E-state index in [-0.39, 0.29) is 30.3 Å². The monoisotopic (exact) mass is 640 g/mol. The van der Waals surface area contributed by atoms with Crippen LogP contribution in [-0.2, 0) is 34.9 Å². The molecule has 0 aromatic heterocycles. The molecule has 16 nitrogen and oxygen atoms in total. The van der Waals surface area contributed by atoms with E-state index in [0.29, 0.717) is 11.1 Å². The fourth-order valence-corrected chi connectivity index (χ4v) is 4.81. The van der Waals surface area contributed by atoms with Gasteiger partial charge in [0, 0.05) is 6.08 Å². The third-order valence-corrected chi connectivity index (χ3v) is 7.31. The molecular weight excluding hydrogens is 604 g/mol. The Morgan fingerprint density at radius 3 is 2.02 bits per heavy atom. The molecule has 2 aromatic carbocycles. The van der Waals surface area contributed by atoms with Crippen LogP contribution in [0.4, 0.5) is 0 Å². The number of hydrogen-bond acceptors (Lipinski definition) is 16. The molecule has 2 aliphatic heterocycles. The number of esters is 1. The van der Waals surface area contributed by atoms with E-state index in [1.807, 2.05) is 0 Å². The van der Waals surface area contributed by atoms with E-state index < -0.39 is 86.3 Å². The number of carbonyl (C=O) groups excluding carboxylic acids is 1. The minimum Gasteiger partial charge on any atom is -0.504 e. The number of rotatable bonds is 11. The van der Waals surface area contributed by atoms with Crippen molar-refractivity contribution in [1.82, 2.24) is 0 Å². The number of phenols is 4. The Balaban J connectivity index is 1.53. The minimum atomic E-state index is -1.88. The molecule has 0 spiro atoms. The summed E-state index contributed by atoms with van der Waals surface area (Å²) < 4.78 is 28.0. The summed E-state index contributed by atoms with van der Waals surface area (Å²) in [5.74, 6) is -2.50. The first kappa shape index (κ1) is 34.3. The summed E-state index contributed by atoms with van der Waals surface area (Å²) in [6.45, 7) is -1.65. The van der Waals surface area contributed by atoms with Crippen LogP contribution in [0.5, 0.6) is 23.0 Å². The average Bonchev–Trinajstić information content (AvgIpc) is 3.02. The highest BCUT2D eigenvalue weighted by atomic mass is 16.7. The third kappa shape index (κ3) is 8.19. The maximum atomic E-state index is 12.8. The number of benzene rings is 2. The van der Waals surface area contributed by atoms with Gasteiger partial charge in [0.1, 0.15) is 42.7 Å². The predicted molar refractivity (Wildman–Crippen MR) is 149 cm³/mol. The van der Waals surface area contributed by atoms with Gasteiger partial charge in [-0.2, -0.15) is 0 Å². The number of ether oxygens (including phenoxy) is 5. The molecule has 16 heteroatoms. The highest BCUT2D eigenvalue weighted by Crippen LogP contribution is 2.32. The Labute approximate surface area is 256 Å². The number of aliphatic hydroxyl groups excluding tert-OH is 6. The van der Waals surface area contributed by atoms with Crippen LogP contribution >= 0.6 is 0 Å². The van der Waals surface area contributed by atoms with Crippen molar-refractivity contribution in [3.8, 4) is 23.0 Å². The molecule has 0 amide bonds. The summed E-state index contributed by atoms with van der Waals surface area (Å²) in [6.07, 6.45) is -14.0. The number of carbonyl (C=O) groups is 1. The van der Waals surface area contributed by atoms with Gasteiger partial charge in [-0.1, -0.05) is 12.1 Å². The van der Waals surface area contributed by atoms with Crippen molar-refractivity contribution in [2.75, 3.05) is 19.8 Å². The van der Waals surface area contributed by atoms with Crippen molar-refractivity contribution in [2.45, 2.75) is 67.8 Å². The molecule has 45 heavy (non-hydrogen) atoms. The fourth-order valence-electron chi connectivity index (χ4n) is 4.81. The van der Waals surface area contributed by atoms with Crippen LogP contribution in [0.3, 0.4) is 0 Å². The van der Waals surface area contributed by atoms with Crippen LogP contribution < -0.4 is 0 Å². The van der Waals surface area contributed by atoms with Gasteiger partial charge < -0.3 is 74.7 Å². The molecule has 2 heterocycles. The lowest BCUT2D eigenvalue weighted by atomic mass is 9.96. The van der Waals surface area contributed by atoms with E-state index in [0.717, 1.165) is 6.08 Å². The predicted octanol–water partition coefficient (Wildman–Crippen LogP) is -2.04. The summed E-state index contributed by atoms with van der Waals surface area (Å²) in [6, 6.07) is 7.88. The van der Waals surface area contributed by atoms with Crippen molar-refractivity contribution >= 4 is 12.0 Å².